The number of carbonyl (C=O) groups is 1. The van der Waals surface area contributed by atoms with E-state index in [9.17, 15) is 4.79 Å². The predicted octanol–water partition coefficient (Wildman–Crippen LogP) is 4.41. The smallest absolute Gasteiger partial charge is 0.339 e. The molecule has 0 spiro atoms. The molecule has 0 N–H and O–H groups in total. The average molecular weight is 417 g/mol. The summed E-state index contributed by atoms with van der Waals surface area (Å²) in [5, 5.41) is 0. The Hall–Kier alpha value is -0.880. The fourth-order valence-electron chi connectivity index (χ4n) is 1.46. The van der Waals surface area contributed by atoms with Crippen LogP contribution < -0.4 is 0 Å². The van der Waals surface area contributed by atoms with Crippen molar-refractivity contribution in [2.45, 2.75) is 6.61 Å². The van der Waals surface area contributed by atoms with E-state index < -0.39 is 0 Å². The summed E-state index contributed by atoms with van der Waals surface area (Å²) in [5.74, 6) is -0.317. The van der Waals surface area contributed by atoms with Crippen molar-refractivity contribution in [2.24, 2.45) is 0 Å². The van der Waals surface area contributed by atoms with Crippen LogP contribution in [0.1, 0.15) is 15.9 Å². The molecule has 0 aromatic heterocycles. The van der Waals surface area contributed by atoms with E-state index in [1.54, 1.807) is 6.07 Å². The normalized spacial score (nSPS) is 10.1. The van der Waals surface area contributed by atoms with Crippen LogP contribution in [0, 0.1) is 3.57 Å². The molecule has 0 unspecified atom stereocenters. The van der Waals surface area contributed by atoms with Crippen LogP contribution in [-0.4, -0.2) is 5.97 Å². The van der Waals surface area contributed by atoms with Gasteiger partial charge in [0.1, 0.15) is 6.61 Å². The highest BCUT2D eigenvalue weighted by Gasteiger charge is 2.11. The molecule has 2 rings (SSSR count). The monoisotopic (exact) mass is 416 g/mol. The summed E-state index contributed by atoms with van der Waals surface area (Å²) in [5.41, 5.74) is 1.56. The highest BCUT2D eigenvalue weighted by atomic mass is 127. The van der Waals surface area contributed by atoms with Crippen LogP contribution in [0.4, 0.5) is 0 Å². The van der Waals surface area contributed by atoms with Gasteiger partial charge in [-0.1, -0.05) is 30.3 Å². The topological polar surface area (TPSA) is 26.3 Å². The van der Waals surface area contributed by atoms with Gasteiger partial charge in [0.15, 0.2) is 0 Å². The molecule has 0 aliphatic heterocycles. The molecule has 0 amide bonds. The van der Waals surface area contributed by atoms with Crippen molar-refractivity contribution in [3.63, 3.8) is 0 Å². The summed E-state index contributed by atoms with van der Waals surface area (Å²) in [6, 6.07) is 15.1. The van der Waals surface area contributed by atoms with Crippen molar-refractivity contribution in [3.05, 3.63) is 67.7 Å². The van der Waals surface area contributed by atoms with E-state index in [2.05, 4.69) is 38.5 Å². The van der Waals surface area contributed by atoms with Crippen molar-refractivity contribution < 1.29 is 9.53 Å². The first kappa shape index (κ1) is 13.5. The molecule has 2 aromatic rings. The Bertz CT molecular complexity index is 569. The van der Waals surface area contributed by atoms with Crippen molar-refractivity contribution in [2.75, 3.05) is 0 Å². The minimum Gasteiger partial charge on any atom is -0.457 e. The molecule has 0 aliphatic carbocycles. The van der Waals surface area contributed by atoms with Gasteiger partial charge in [0.25, 0.3) is 0 Å². The van der Waals surface area contributed by atoms with Gasteiger partial charge in [-0.25, -0.2) is 4.79 Å². The van der Waals surface area contributed by atoms with Gasteiger partial charge in [0.2, 0.25) is 0 Å². The molecule has 2 nitrogen and oxygen atoms in total. The Morgan fingerprint density at radius 2 is 1.78 bits per heavy atom. The van der Waals surface area contributed by atoms with E-state index in [0.29, 0.717) is 12.2 Å². The van der Waals surface area contributed by atoms with Crippen LogP contribution in [0.3, 0.4) is 0 Å². The number of carbonyl (C=O) groups excluding carboxylic acids is 1. The lowest BCUT2D eigenvalue weighted by atomic mass is 10.2. The van der Waals surface area contributed by atoms with E-state index in [1.165, 1.54) is 0 Å². The molecule has 4 heteroatoms. The van der Waals surface area contributed by atoms with Crippen molar-refractivity contribution in [1.29, 1.82) is 0 Å². The van der Waals surface area contributed by atoms with Gasteiger partial charge in [-0.05, 0) is 56.7 Å². The average Bonchev–Trinajstić information content (AvgIpc) is 2.38. The maximum Gasteiger partial charge on any atom is 0.339 e. The molecule has 18 heavy (non-hydrogen) atoms. The van der Waals surface area contributed by atoms with Crippen LogP contribution in [0.25, 0.3) is 0 Å². The van der Waals surface area contributed by atoms with E-state index in [0.717, 1.165) is 13.6 Å². The number of hydrogen-bond acceptors (Lipinski definition) is 2. The lowest BCUT2D eigenvalue weighted by molar-refractivity contribution is 0.0471. The SMILES string of the molecule is O=C(OCc1ccccc1I)c1ccccc1Br. The Labute approximate surface area is 128 Å². The molecular formula is C14H10BrIO2. The summed E-state index contributed by atoms with van der Waals surface area (Å²) in [6.45, 7) is 0.291. The molecule has 0 aliphatic rings. The Morgan fingerprint density at radius 1 is 1.11 bits per heavy atom. The van der Waals surface area contributed by atoms with Crippen molar-refractivity contribution in [3.8, 4) is 0 Å². The largest absolute Gasteiger partial charge is 0.457 e. The van der Waals surface area contributed by atoms with E-state index >= 15 is 0 Å². The van der Waals surface area contributed by atoms with Crippen molar-refractivity contribution in [1.82, 2.24) is 0 Å². The zero-order chi connectivity index (χ0) is 13.0. The second kappa shape index (κ2) is 6.33. The number of rotatable bonds is 3. The number of esters is 1. The fraction of sp³-hybridized carbons (Fsp3) is 0.0714. The molecule has 0 fully saturated rings. The molecule has 0 bridgehead atoms. The molecule has 2 aromatic carbocycles. The first-order valence-corrected chi connectivity index (χ1v) is 7.20. The molecule has 92 valence electrons. The molecule has 0 heterocycles. The van der Waals surface area contributed by atoms with Crippen LogP contribution in [0.5, 0.6) is 0 Å². The quantitative estimate of drug-likeness (QED) is 0.547. The third kappa shape index (κ3) is 3.32. The second-order valence-corrected chi connectivity index (χ2v) is 5.66. The van der Waals surface area contributed by atoms with Gasteiger partial charge in [0, 0.05) is 13.6 Å². The number of benzene rings is 2. The Kier molecular flexibility index (Phi) is 4.77. The van der Waals surface area contributed by atoms with Gasteiger partial charge in [-0.3, -0.25) is 0 Å². The predicted molar refractivity (Wildman–Crippen MR) is 82.4 cm³/mol. The van der Waals surface area contributed by atoms with Crippen molar-refractivity contribution >= 4 is 44.5 Å². The highest BCUT2D eigenvalue weighted by molar-refractivity contribution is 14.1. The first-order chi connectivity index (χ1) is 8.68. The maximum atomic E-state index is 11.9. The summed E-state index contributed by atoms with van der Waals surface area (Å²) in [4.78, 5) is 11.9. The highest BCUT2D eigenvalue weighted by Crippen LogP contribution is 2.18. The number of hydrogen-bond donors (Lipinski definition) is 0. The van der Waals surface area contributed by atoms with Crippen LogP contribution in [-0.2, 0) is 11.3 Å². The lowest BCUT2D eigenvalue weighted by Crippen LogP contribution is -2.06. The Morgan fingerprint density at radius 3 is 2.50 bits per heavy atom. The lowest BCUT2D eigenvalue weighted by Gasteiger charge is -2.07. The van der Waals surface area contributed by atoms with Gasteiger partial charge >= 0.3 is 5.97 Å². The molecule has 0 saturated carbocycles. The van der Waals surface area contributed by atoms with E-state index in [4.69, 9.17) is 4.74 Å². The fourth-order valence-corrected chi connectivity index (χ4v) is 2.45. The number of ether oxygens (including phenoxy) is 1. The van der Waals surface area contributed by atoms with Crippen LogP contribution >= 0.6 is 38.5 Å². The Balaban J connectivity index is 2.06. The second-order valence-electron chi connectivity index (χ2n) is 3.65. The standard InChI is InChI=1S/C14H10BrIO2/c15-12-7-3-2-6-11(12)14(17)18-9-10-5-1-4-8-13(10)16/h1-8H,9H2. The van der Waals surface area contributed by atoms with Gasteiger partial charge in [0.05, 0.1) is 5.56 Å². The molecule has 0 atom stereocenters. The van der Waals surface area contributed by atoms with Gasteiger partial charge in [-0.15, -0.1) is 0 Å². The first-order valence-electron chi connectivity index (χ1n) is 5.33. The van der Waals surface area contributed by atoms with E-state index in [-0.39, 0.29) is 5.97 Å². The summed E-state index contributed by atoms with van der Waals surface area (Å²) in [7, 11) is 0. The van der Waals surface area contributed by atoms with Crippen LogP contribution in [0.2, 0.25) is 0 Å². The third-order valence-corrected chi connectivity index (χ3v) is 4.15. The summed E-state index contributed by atoms with van der Waals surface area (Å²) >= 11 is 5.56. The zero-order valence-corrected chi connectivity index (χ0v) is 13.1. The van der Waals surface area contributed by atoms with E-state index in [1.807, 2.05) is 42.5 Å². The molecular weight excluding hydrogens is 407 g/mol. The zero-order valence-electron chi connectivity index (χ0n) is 9.40. The minimum atomic E-state index is -0.317. The van der Waals surface area contributed by atoms with Gasteiger partial charge < -0.3 is 4.74 Å². The maximum absolute atomic E-state index is 11.9. The molecule has 0 saturated heterocycles. The third-order valence-electron chi connectivity index (χ3n) is 2.41. The minimum absolute atomic E-state index is 0.291. The van der Waals surface area contributed by atoms with Gasteiger partial charge in [-0.2, -0.15) is 0 Å². The summed E-state index contributed by atoms with van der Waals surface area (Å²) < 4.78 is 7.14. The molecule has 0 radical (unpaired) electrons. The number of halogens is 2. The summed E-state index contributed by atoms with van der Waals surface area (Å²) in [6.07, 6.45) is 0. The van der Waals surface area contributed by atoms with Crippen LogP contribution in [0.15, 0.2) is 53.0 Å².